The summed E-state index contributed by atoms with van der Waals surface area (Å²) < 4.78 is 0. The third-order valence-corrected chi connectivity index (χ3v) is 6.15. The zero-order valence-electron chi connectivity index (χ0n) is 18.2. The maximum absolute atomic E-state index is 12.5. The number of hydrogen-bond donors (Lipinski definition) is 2. The second kappa shape index (κ2) is 11.1. The van der Waals surface area contributed by atoms with Gasteiger partial charge in [0, 0.05) is 24.4 Å². The Bertz CT molecular complexity index is 1120. The molecule has 1 heterocycles. The first kappa shape index (κ1) is 23.8. The van der Waals surface area contributed by atoms with Crippen LogP contribution in [-0.4, -0.2) is 28.3 Å². The summed E-state index contributed by atoms with van der Waals surface area (Å²) in [4.78, 5) is 33.3. The van der Waals surface area contributed by atoms with Crippen LogP contribution in [0.3, 0.4) is 0 Å². The van der Waals surface area contributed by atoms with Crippen molar-refractivity contribution in [3.8, 4) is 0 Å². The van der Waals surface area contributed by atoms with E-state index in [-0.39, 0.29) is 29.6 Å². The highest BCUT2D eigenvalue weighted by molar-refractivity contribution is 7.98. The Morgan fingerprint density at radius 3 is 2.56 bits per heavy atom. The number of hydrogen-bond acceptors (Lipinski definition) is 5. The number of carbonyl (C=O) groups is 2. The molecule has 8 heteroatoms. The van der Waals surface area contributed by atoms with Crippen LogP contribution in [0.25, 0.3) is 0 Å². The number of halogens is 1. The zero-order chi connectivity index (χ0) is 23.1. The van der Waals surface area contributed by atoms with Crippen molar-refractivity contribution in [2.24, 2.45) is 0 Å². The molecular weight excluding hydrogens is 444 g/mol. The van der Waals surface area contributed by atoms with Gasteiger partial charge in [-0.1, -0.05) is 65.3 Å². The average Bonchev–Trinajstić information content (AvgIpc) is 2.77. The molecule has 1 aromatic heterocycles. The summed E-state index contributed by atoms with van der Waals surface area (Å²) in [5, 5.41) is 6.22. The minimum absolute atomic E-state index is 0.100. The maximum Gasteiger partial charge on any atom is 0.271 e. The minimum Gasteiger partial charge on any atom is -0.350 e. The Balaban J connectivity index is 1.52. The van der Waals surface area contributed by atoms with Crippen LogP contribution < -0.4 is 10.6 Å². The monoisotopic (exact) mass is 468 g/mol. The summed E-state index contributed by atoms with van der Waals surface area (Å²) in [7, 11) is 0. The van der Waals surface area contributed by atoms with Gasteiger partial charge >= 0.3 is 0 Å². The van der Waals surface area contributed by atoms with E-state index in [1.165, 1.54) is 23.5 Å². The molecule has 0 aliphatic rings. The summed E-state index contributed by atoms with van der Waals surface area (Å²) in [6, 6.07) is 13.9. The molecule has 0 saturated heterocycles. The van der Waals surface area contributed by atoms with Crippen molar-refractivity contribution in [1.82, 2.24) is 15.3 Å². The molecule has 3 aromatic rings. The van der Waals surface area contributed by atoms with Gasteiger partial charge in [-0.15, -0.1) is 0 Å². The highest BCUT2D eigenvalue weighted by atomic mass is 35.5. The van der Waals surface area contributed by atoms with Crippen molar-refractivity contribution in [3.63, 3.8) is 0 Å². The number of rotatable bonds is 8. The second-order valence-corrected chi connectivity index (χ2v) is 8.77. The standard InChI is InChI=1S/C24H25ClN4O2S/c1-15-7-9-18(10-8-15)14-32-24-27-13-19(25)22(29-24)23(31)26-12-11-21(30)28-20-6-4-5-16(2)17(20)3/h4-10,13H,11-12,14H2,1-3H3,(H,26,31)(H,28,30). The van der Waals surface area contributed by atoms with Crippen LogP contribution in [0.1, 0.15) is 39.2 Å². The largest absolute Gasteiger partial charge is 0.350 e. The zero-order valence-corrected chi connectivity index (χ0v) is 19.8. The molecule has 0 fully saturated rings. The normalized spacial score (nSPS) is 10.6. The fourth-order valence-electron chi connectivity index (χ4n) is 2.88. The number of nitrogens with zero attached hydrogens (tertiary/aromatic N) is 2. The fraction of sp³-hybridized carbons (Fsp3) is 0.250. The highest BCUT2D eigenvalue weighted by Crippen LogP contribution is 2.22. The lowest BCUT2D eigenvalue weighted by Crippen LogP contribution is -2.29. The molecule has 0 atom stereocenters. The smallest absolute Gasteiger partial charge is 0.271 e. The molecule has 0 aliphatic heterocycles. The lowest BCUT2D eigenvalue weighted by Gasteiger charge is -2.11. The van der Waals surface area contributed by atoms with Gasteiger partial charge in [0.1, 0.15) is 0 Å². The van der Waals surface area contributed by atoms with Gasteiger partial charge in [0.05, 0.1) is 11.2 Å². The Kier molecular flexibility index (Phi) is 8.25. The third-order valence-electron chi connectivity index (χ3n) is 4.94. The van der Waals surface area contributed by atoms with E-state index in [9.17, 15) is 9.59 Å². The topological polar surface area (TPSA) is 84.0 Å². The number of thioether (sulfide) groups is 1. The molecule has 2 N–H and O–H groups in total. The minimum atomic E-state index is -0.436. The van der Waals surface area contributed by atoms with Crippen molar-refractivity contribution in [1.29, 1.82) is 0 Å². The lowest BCUT2D eigenvalue weighted by molar-refractivity contribution is -0.116. The number of anilines is 1. The van der Waals surface area contributed by atoms with Crippen LogP contribution in [0, 0.1) is 20.8 Å². The number of benzene rings is 2. The van der Waals surface area contributed by atoms with E-state index in [1.54, 1.807) is 0 Å². The predicted molar refractivity (Wildman–Crippen MR) is 129 cm³/mol. The number of carbonyl (C=O) groups excluding carboxylic acids is 2. The molecule has 6 nitrogen and oxygen atoms in total. The second-order valence-electron chi connectivity index (χ2n) is 7.42. The first-order valence-corrected chi connectivity index (χ1v) is 11.5. The van der Waals surface area contributed by atoms with Gasteiger partial charge in [-0.2, -0.15) is 0 Å². The fourth-order valence-corrected chi connectivity index (χ4v) is 3.83. The Morgan fingerprint density at radius 2 is 1.81 bits per heavy atom. The molecule has 32 heavy (non-hydrogen) atoms. The third kappa shape index (κ3) is 6.55. The summed E-state index contributed by atoms with van der Waals surface area (Å²) in [5.74, 6) is 0.0675. The molecule has 2 amide bonds. The van der Waals surface area contributed by atoms with Crippen LogP contribution in [-0.2, 0) is 10.5 Å². The molecule has 3 rings (SSSR count). The van der Waals surface area contributed by atoms with Gasteiger partial charge in [0.25, 0.3) is 5.91 Å². The average molecular weight is 469 g/mol. The Morgan fingerprint density at radius 1 is 1.06 bits per heavy atom. The molecule has 166 valence electrons. The number of aromatic nitrogens is 2. The quantitative estimate of drug-likeness (QED) is 0.354. The maximum atomic E-state index is 12.5. The van der Waals surface area contributed by atoms with E-state index in [2.05, 4.69) is 32.7 Å². The molecule has 2 aromatic carbocycles. The highest BCUT2D eigenvalue weighted by Gasteiger charge is 2.15. The molecular formula is C24H25ClN4O2S. The van der Waals surface area contributed by atoms with Gasteiger partial charge in [0.2, 0.25) is 5.91 Å². The molecule has 0 aliphatic carbocycles. The Hall–Kier alpha value is -2.90. The van der Waals surface area contributed by atoms with Crippen molar-refractivity contribution in [3.05, 3.63) is 81.6 Å². The first-order valence-electron chi connectivity index (χ1n) is 10.2. The van der Waals surface area contributed by atoms with Crippen LogP contribution >= 0.6 is 23.4 Å². The van der Waals surface area contributed by atoms with Gasteiger partial charge < -0.3 is 10.6 Å². The molecule has 0 spiro atoms. The van der Waals surface area contributed by atoms with E-state index in [1.807, 2.05) is 51.1 Å². The van der Waals surface area contributed by atoms with Crippen molar-refractivity contribution >= 4 is 40.9 Å². The van der Waals surface area contributed by atoms with Crippen molar-refractivity contribution < 1.29 is 9.59 Å². The lowest BCUT2D eigenvalue weighted by atomic mass is 10.1. The summed E-state index contributed by atoms with van der Waals surface area (Å²) in [5.41, 5.74) is 5.33. The molecule has 0 saturated carbocycles. The Labute approximate surface area is 197 Å². The van der Waals surface area contributed by atoms with Crippen LogP contribution in [0.5, 0.6) is 0 Å². The van der Waals surface area contributed by atoms with E-state index in [0.29, 0.717) is 10.9 Å². The summed E-state index contributed by atoms with van der Waals surface area (Å²) in [6.07, 6.45) is 1.56. The summed E-state index contributed by atoms with van der Waals surface area (Å²) >= 11 is 7.56. The molecule has 0 bridgehead atoms. The van der Waals surface area contributed by atoms with Crippen molar-refractivity contribution in [2.75, 3.05) is 11.9 Å². The number of amides is 2. The summed E-state index contributed by atoms with van der Waals surface area (Å²) in [6.45, 7) is 6.15. The van der Waals surface area contributed by atoms with Crippen molar-refractivity contribution in [2.45, 2.75) is 38.1 Å². The van der Waals surface area contributed by atoms with Crippen LogP contribution in [0.4, 0.5) is 5.69 Å². The van der Waals surface area contributed by atoms with Gasteiger partial charge in [0.15, 0.2) is 10.9 Å². The van der Waals surface area contributed by atoms with Gasteiger partial charge in [-0.25, -0.2) is 9.97 Å². The van der Waals surface area contributed by atoms with Crippen LogP contribution in [0.15, 0.2) is 53.8 Å². The van der Waals surface area contributed by atoms with Crippen LogP contribution in [0.2, 0.25) is 5.02 Å². The van der Waals surface area contributed by atoms with E-state index >= 15 is 0 Å². The van der Waals surface area contributed by atoms with E-state index < -0.39 is 5.91 Å². The van der Waals surface area contributed by atoms with Gasteiger partial charge in [-0.3, -0.25) is 9.59 Å². The predicted octanol–water partition coefficient (Wildman–Crippen LogP) is 5.11. The van der Waals surface area contributed by atoms with Gasteiger partial charge in [-0.05, 0) is 43.5 Å². The SMILES string of the molecule is Cc1ccc(CSc2ncc(Cl)c(C(=O)NCCC(=O)Nc3cccc(C)c3C)n2)cc1. The molecule has 0 radical (unpaired) electrons. The number of nitrogens with one attached hydrogen (secondary N) is 2. The van der Waals surface area contributed by atoms with E-state index in [4.69, 9.17) is 11.6 Å². The first-order chi connectivity index (χ1) is 15.3. The number of aryl methyl sites for hydroxylation is 2. The van der Waals surface area contributed by atoms with E-state index in [0.717, 1.165) is 22.4 Å². The molecule has 0 unspecified atom stereocenters.